The van der Waals surface area contributed by atoms with Gasteiger partial charge in [-0.15, -0.1) is 0 Å². The molecule has 0 spiro atoms. The van der Waals surface area contributed by atoms with Crippen molar-refractivity contribution in [3.8, 4) is 11.8 Å². The van der Waals surface area contributed by atoms with Crippen LogP contribution >= 0.6 is 11.6 Å². The fraction of sp³-hybridized carbons (Fsp3) is 0.267. The first-order valence-corrected chi connectivity index (χ1v) is 6.77. The number of nitriles is 1. The van der Waals surface area contributed by atoms with E-state index < -0.39 is 18.5 Å². The minimum atomic E-state index is -1.13. The SMILES string of the molecule is COCCOC(=O)/C(C#N)=C/c1ccc(OCC(=O)O)c(Cl)c1. The van der Waals surface area contributed by atoms with Crippen molar-refractivity contribution in [1.29, 1.82) is 5.26 Å². The summed E-state index contributed by atoms with van der Waals surface area (Å²) in [6.45, 7) is -0.257. The minimum absolute atomic E-state index is 0.0388. The molecule has 0 bridgehead atoms. The molecule has 0 saturated carbocycles. The Balaban J connectivity index is 2.84. The highest BCUT2D eigenvalue weighted by Crippen LogP contribution is 2.26. The van der Waals surface area contributed by atoms with E-state index in [0.29, 0.717) is 5.56 Å². The average Bonchev–Trinajstić information content (AvgIpc) is 2.51. The van der Waals surface area contributed by atoms with Gasteiger partial charge in [-0.25, -0.2) is 9.59 Å². The average molecular weight is 340 g/mol. The first kappa shape index (κ1) is 18.5. The maximum Gasteiger partial charge on any atom is 0.348 e. The fourth-order valence-corrected chi connectivity index (χ4v) is 1.71. The first-order valence-electron chi connectivity index (χ1n) is 6.40. The van der Waals surface area contributed by atoms with Gasteiger partial charge in [0.25, 0.3) is 0 Å². The maximum absolute atomic E-state index is 11.7. The lowest BCUT2D eigenvalue weighted by Crippen LogP contribution is -2.11. The van der Waals surface area contributed by atoms with Crippen LogP contribution in [0.25, 0.3) is 6.08 Å². The van der Waals surface area contributed by atoms with Gasteiger partial charge in [0, 0.05) is 7.11 Å². The van der Waals surface area contributed by atoms with E-state index in [-0.39, 0.29) is 29.6 Å². The number of hydrogen-bond donors (Lipinski definition) is 1. The molecule has 7 nitrogen and oxygen atoms in total. The van der Waals surface area contributed by atoms with Gasteiger partial charge in [0.2, 0.25) is 0 Å². The Morgan fingerprint density at radius 1 is 1.39 bits per heavy atom. The molecule has 8 heteroatoms. The molecule has 1 N–H and O–H groups in total. The number of rotatable bonds is 8. The number of nitrogens with zero attached hydrogens (tertiary/aromatic N) is 1. The van der Waals surface area contributed by atoms with Crippen LogP contribution in [0, 0.1) is 11.3 Å². The Bertz CT molecular complexity index is 650. The molecule has 0 heterocycles. The van der Waals surface area contributed by atoms with Crippen LogP contribution in [0.1, 0.15) is 5.56 Å². The number of carboxylic acids is 1. The van der Waals surface area contributed by atoms with E-state index in [0.717, 1.165) is 0 Å². The molecule has 1 rings (SSSR count). The largest absolute Gasteiger partial charge is 0.480 e. The van der Waals surface area contributed by atoms with Crippen molar-refractivity contribution in [3.05, 3.63) is 34.4 Å². The van der Waals surface area contributed by atoms with Crippen LogP contribution in [-0.4, -0.2) is 44.0 Å². The van der Waals surface area contributed by atoms with Crippen LogP contribution in [0.2, 0.25) is 5.02 Å². The summed E-state index contributed by atoms with van der Waals surface area (Å²) in [5.41, 5.74) is 0.272. The zero-order chi connectivity index (χ0) is 17.2. The van der Waals surface area contributed by atoms with Crippen molar-refractivity contribution in [3.63, 3.8) is 0 Å². The topological polar surface area (TPSA) is 106 Å². The standard InChI is InChI=1S/C15H14ClNO6/c1-21-4-5-22-15(20)11(8-17)6-10-2-3-13(12(16)7-10)23-9-14(18)19/h2-3,6-7H,4-5,9H2,1H3,(H,18,19)/b11-6+. The molecule has 0 saturated heterocycles. The third-order valence-electron chi connectivity index (χ3n) is 2.48. The molecule has 1 aromatic rings. The van der Waals surface area contributed by atoms with E-state index in [2.05, 4.69) is 0 Å². The van der Waals surface area contributed by atoms with Crippen LogP contribution in [0.15, 0.2) is 23.8 Å². The van der Waals surface area contributed by atoms with Gasteiger partial charge in [-0.2, -0.15) is 5.26 Å². The van der Waals surface area contributed by atoms with E-state index >= 15 is 0 Å². The number of halogens is 1. The smallest absolute Gasteiger partial charge is 0.348 e. The Morgan fingerprint density at radius 3 is 2.70 bits per heavy atom. The lowest BCUT2D eigenvalue weighted by molar-refractivity contribution is -0.140. The minimum Gasteiger partial charge on any atom is -0.480 e. The van der Waals surface area contributed by atoms with Gasteiger partial charge in [0.05, 0.1) is 11.6 Å². The second kappa shape index (κ2) is 9.46. The van der Waals surface area contributed by atoms with Crippen molar-refractivity contribution in [2.75, 3.05) is 26.9 Å². The second-order valence-electron chi connectivity index (χ2n) is 4.17. The first-order chi connectivity index (χ1) is 11.0. The zero-order valence-corrected chi connectivity index (χ0v) is 13.0. The number of benzene rings is 1. The predicted octanol–water partition coefficient (Wildman–Crippen LogP) is 1.90. The Hall–Kier alpha value is -2.56. The molecular formula is C15H14ClNO6. The molecule has 0 aliphatic carbocycles. The summed E-state index contributed by atoms with van der Waals surface area (Å²) in [5, 5.41) is 17.7. The van der Waals surface area contributed by atoms with E-state index in [1.165, 1.54) is 31.4 Å². The van der Waals surface area contributed by atoms with Crippen molar-refractivity contribution in [2.45, 2.75) is 0 Å². The quantitative estimate of drug-likeness (QED) is 0.333. The molecule has 122 valence electrons. The Morgan fingerprint density at radius 2 is 2.13 bits per heavy atom. The van der Waals surface area contributed by atoms with E-state index in [9.17, 15) is 9.59 Å². The maximum atomic E-state index is 11.7. The Kier molecular flexibility index (Phi) is 7.60. The fourth-order valence-electron chi connectivity index (χ4n) is 1.46. The van der Waals surface area contributed by atoms with Crippen molar-refractivity contribution < 1.29 is 28.9 Å². The third kappa shape index (κ3) is 6.38. The summed E-state index contributed by atoms with van der Waals surface area (Å²) in [6, 6.07) is 6.17. The van der Waals surface area contributed by atoms with Crippen LogP contribution in [0.5, 0.6) is 5.75 Å². The van der Waals surface area contributed by atoms with E-state index in [1.54, 1.807) is 6.07 Å². The number of esters is 1. The lowest BCUT2D eigenvalue weighted by Gasteiger charge is -2.06. The van der Waals surface area contributed by atoms with Gasteiger partial charge in [0.15, 0.2) is 6.61 Å². The number of methoxy groups -OCH3 is 1. The van der Waals surface area contributed by atoms with Crippen molar-refractivity contribution in [2.24, 2.45) is 0 Å². The molecule has 0 atom stereocenters. The van der Waals surface area contributed by atoms with Crippen LogP contribution in [0.3, 0.4) is 0 Å². The number of carbonyl (C=O) groups excluding carboxylic acids is 1. The predicted molar refractivity (Wildman–Crippen MR) is 81.0 cm³/mol. The second-order valence-corrected chi connectivity index (χ2v) is 4.58. The molecule has 1 aromatic carbocycles. The third-order valence-corrected chi connectivity index (χ3v) is 2.77. The molecule has 0 fully saturated rings. The number of carbonyl (C=O) groups is 2. The van der Waals surface area contributed by atoms with Gasteiger partial charge in [-0.3, -0.25) is 0 Å². The molecule has 0 unspecified atom stereocenters. The molecule has 0 aliphatic rings. The van der Waals surface area contributed by atoms with E-state index in [1.807, 2.05) is 0 Å². The molecule has 0 aliphatic heterocycles. The molecule has 23 heavy (non-hydrogen) atoms. The highest BCUT2D eigenvalue weighted by atomic mass is 35.5. The van der Waals surface area contributed by atoms with Gasteiger partial charge in [0.1, 0.15) is 24.0 Å². The number of hydrogen-bond acceptors (Lipinski definition) is 6. The van der Waals surface area contributed by atoms with E-state index in [4.69, 9.17) is 36.2 Å². The molecule has 0 radical (unpaired) electrons. The van der Waals surface area contributed by atoms with Crippen LogP contribution in [0.4, 0.5) is 0 Å². The van der Waals surface area contributed by atoms with Gasteiger partial charge < -0.3 is 19.3 Å². The molecule has 0 amide bonds. The summed E-state index contributed by atoms with van der Waals surface area (Å²) >= 11 is 5.96. The summed E-state index contributed by atoms with van der Waals surface area (Å²) in [6.07, 6.45) is 1.31. The number of ether oxygens (including phenoxy) is 3. The summed E-state index contributed by atoms with van der Waals surface area (Å²) in [7, 11) is 1.46. The number of carboxylic acid groups (broad SMARTS) is 1. The summed E-state index contributed by atoms with van der Waals surface area (Å²) < 4.78 is 14.6. The molecular weight excluding hydrogens is 326 g/mol. The summed E-state index contributed by atoms with van der Waals surface area (Å²) in [4.78, 5) is 22.1. The van der Waals surface area contributed by atoms with Gasteiger partial charge >= 0.3 is 11.9 Å². The van der Waals surface area contributed by atoms with Gasteiger partial charge in [-0.05, 0) is 23.8 Å². The zero-order valence-electron chi connectivity index (χ0n) is 12.2. The van der Waals surface area contributed by atoms with Crippen LogP contribution in [-0.2, 0) is 19.1 Å². The van der Waals surface area contributed by atoms with Crippen molar-refractivity contribution >= 4 is 29.6 Å². The normalized spacial score (nSPS) is 10.7. The highest BCUT2D eigenvalue weighted by Gasteiger charge is 2.11. The summed E-state index contributed by atoms with van der Waals surface area (Å²) in [5.74, 6) is -1.71. The highest BCUT2D eigenvalue weighted by molar-refractivity contribution is 6.32. The number of aliphatic carboxylic acids is 1. The Labute approximate surface area is 137 Å². The van der Waals surface area contributed by atoms with Crippen molar-refractivity contribution in [1.82, 2.24) is 0 Å². The van der Waals surface area contributed by atoms with Gasteiger partial charge in [-0.1, -0.05) is 17.7 Å². The monoisotopic (exact) mass is 339 g/mol. The molecule has 0 aromatic heterocycles. The lowest BCUT2D eigenvalue weighted by atomic mass is 10.1. The van der Waals surface area contributed by atoms with Crippen LogP contribution < -0.4 is 4.74 Å².